The minimum atomic E-state index is -4.56. The van der Waals surface area contributed by atoms with Crippen LogP contribution in [0, 0.1) is 0 Å². The predicted octanol–water partition coefficient (Wildman–Crippen LogP) is 6.27. The van der Waals surface area contributed by atoms with E-state index in [-0.39, 0.29) is 36.7 Å². The number of furan rings is 1. The van der Waals surface area contributed by atoms with Crippen molar-refractivity contribution < 1.29 is 36.7 Å². The Morgan fingerprint density at radius 3 is 2.64 bits per heavy atom. The Hall–Kier alpha value is -4.21. The van der Waals surface area contributed by atoms with E-state index in [4.69, 9.17) is 13.9 Å². The maximum absolute atomic E-state index is 13.7. The molecule has 0 saturated carbocycles. The lowest BCUT2D eigenvalue weighted by Crippen LogP contribution is -2.40. The Kier molecular flexibility index (Phi) is 7.12. The smallest absolute Gasteiger partial charge is 0.417 e. The lowest BCUT2D eigenvalue weighted by Gasteiger charge is -2.34. The highest BCUT2D eigenvalue weighted by molar-refractivity contribution is 5.88. The number of ether oxygens (including phenoxy) is 2. The van der Waals surface area contributed by atoms with Crippen molar-refractivity contribution in [3.05, 3.63) is 77.2 Å². The number of nitrogens with zero attached hydrogens (tertiary/aromatic N) is 1. The lowest BCUT2D eigenvalue weighted by molar-refractivity contribution is -0.146. The van der Waals surface area contributed by atoms with Crippen molar-refractivity contribution in [1.82, 2.24) is 9.88 Å². The molecule has 0 saturated heterocycles. The number of benzene rings is 2. The van der Waals surface area contributed by atoms with E-state index in [2.05, 4.69) is 4.98 Å². The van der Waals surface area contributed by atoms with Crippen LogP contribution in [0.25, 0.3) is 22.2 Å². The molecule has 7 nitrogen and oxygen atoms in total. The molecule has 0 radical (unpaired) electrons. The summed E-state index contributed by atoms with van der Waals surface area (Å²) in [5, 5.41) is 0.933. The number of amides is 1. The molecule has 1 amide bonds. The lowest BCUT2D eigenvalue weighted by atomic mass is 9.95. The minimum absolute atomic E-state index is 0.0433. The summed E-state index contributed by atoms with van der Waals surface area (Å²) >= 11 is 0. The van der Waals surface area contributed by atoms with E-state index in [0.717, 1.165) is 22.5 Å². The van der Waals surface area contributed by atoms with Crippen LogP contribution < -0.4 is 4.74 Å². The minimum Gasteiger partial charge on any atom is -0.497 e. The maximum atomic E-state index is 13.7. The monoisotopic (exact) mass is 540 g/mol. The molecular formula is C29H27F3N2O5. The first-order valence-electron chi connectivity index (χ1n) is 12.6. The average molecular weight is 541 g/mol. The van der Waals surface area contributed by atoms with Gasteiger partial charge in [0.2, 0.25) is 5.91 Å². The molecule has 39 heavy (non-hydrogen) atoms. The third-order valence-electron chi connectivity index (χ3n) is 6.90. The summed E-state index contributed by atoms with van der Waals surface area (Å²) in [4.78, 5) is 30.3. The van der Waals surface area contributed by atoms with Gasteiger partial charge >= 0.3 is 12.1 Å². The zero-order valence-electron chi connectivity index (χ0n) is 21.4. The van der Waals surface area contributed by atoms with Crippen molar-refractivity contribution in [2.75, 3.05) is 20.3 Å². The molecule has 0 bridgehead atoms. The molecular weight excluding hydrogens is 513 g/mol. The van der Waals surface area contributed by atoms with Crippen LogP contribution >= 0.6 is 0 Å². The first-order chi connectivity index (χ1) is 18.7. The highest BCUT2D eigenvalue weighted by atomic mass is 19.4. The number of esters is 1. The van der Waals surface area contributed by atoms with E-state index in [9.17, 15) is 22.8 Å². The van der Waals surface area contributed by atoms with Crippen molar-refractivity contribution in [2.45, 2.75) is 38.4 Å². The van der Waals surface area contributed by atoms with Gasteiger partial charge in [-0.15, -0.1) is 0 Å². The van der Waals surface area contributed by atoms with Crippen LogP contribution in [0.2, 0.25) is 0 Å². The average Bonchev–Trinajstić information content (AvgIpc) is 3.55. The molecule has 2 aromatic heterocycles. The molecule has 0 aliphatic carbocycles. The molecule has 0 fully saturated rings. The number of nitrogens with one attached hydrogen (secondary N) is 1. The van der Waals surface area contributed by atoms with E-state index >= 15 is 0 Å². The first kappa shape index (κ1) is 26.4. The van der Waals surface area contributed by atoms with E-state index < -0.39 is 23.8 Å². The second-order valence-corrected chi connectivity index (χ2v) is 9.22. The highest BCUT2D eigenvalue weighted by Crippen LogP contribution is 2.43. The molecule has 4 aromatic rings. The summed E-state index contributed by atoms with van der Waals surface area (Å²) in [5.41, 5.74) is 1.61. The molecule has 204 valence electrons. The van der Waals surface area contributed by atoms with Crippen LogP contribution in [0.15, 0.2) is 59.0 Å². The molecule has 1 aliphatic rings. The zero-order chi connectivity index (χ0) is 27.7. The molecule has 2 aromatic carbocycles. The van der Waals surface area contributed by atoms with Gasteiger partial charge in [-0.2, -0.15) is 13.2 Å². The summed E-state index contributed by atoms with van der Waals surface area (Å²) in [6.07, 6.45) is -4.17. The van der Waals surface area contributed by atoms with Crippen molar-refractivity contribution in [3.8, 4) is 17.1 Å². The zero-order valence-corrected chi connectivity index (χ0v) is 21.4. The normalized spacial score (nSPS) is 15.3. The van der Waals surface area contributed by atoms with E-state index in [1.54, 1.807) is 25.0 Å². The SMILES string of the molecule is CCOC(=O)CCC(=O)N1CCc2c([nH]c3ccc(OC)cc23)C1c1ccc(-c2ccccc2C(F)(F)F)o1. The number of fused-ring (bicyclic) bond motifs is 3. The summed E-state index contributed by atoms with van der Waals surface area (Å²) < 4.78 is 57.5. The fourth-order valence-corrected chi connectivity index (χ4v) is 5.13. The van der Waals surface area contributed by atoms with Crippen LogP contribution in [0.3, 0.4) is 0 Å². The molecule has 1 atom stereocenters. The van der Waals surface area contributed by atoms with E-state index in [1.807, 2.05) is 18.2 Å². The molecule has 1 N–H and O–H groups in total. The number of hydrogen-bond donors (Lipinski definition) is 1. The highest BCUT2D eigenvalue weighted by Gasteiger charge is 2.38. The van der Waals surface area contributed by atoms with Gasteiger partial charge in [-0.05, 0) is 55.3 Å². The number of carbonyl (C=O) groups is 2. The number of methoxy groups -OCH3 is 1. The van der Waals surface area contributed by atoms with Crippen LogP contribution in [0.4, 0.5) is 13.2 Å². The molecule has 3 heterocycles. The number of aromatic nitrogens is 1. The van der Waals surface area contributed by atoms with Crippen molar-refractivity contribution in [3.63, 3.8) is 0 Å². The fraction of sp³-hybridized carbons (Fsp3) is 0.310. The van der Waals surface area contributed by atoms with Gasteiger partial charge in [-0.3, -0.25) is 9.59 Å². The van der Waals surface area contributed by atoms with Crippen molar-refractivity contribution in [1.29, 1.82) is 0 Å². The molecule has 5 rings (SSSR count). The number of carbonyl (C=O) groups excluding carboxylic acids is 2. The van der Waals surface area contributed by atoms with Crippen LogP contribution in [-0.4, -0.2) is 42.0 Å². The summed E-state index contributed by atoms with van der Waals surface area (Å²) in [5.74, 6) is 0.274. The van der Waals surface area contributed by atoms with Gasteiger partial charge in [0, 0.05) is 29.4 Å². The quantitative estimate of drug-likeness (QED) is 0.279. The fourth-order valence-electron chi connectivity index (χ4n) is 5.13. The van der Waals surface area contributed by atoms with Gasteiger partial charge in [0.15, 0.2) is 0 Å². The Morgan fingerprint density at radius 2 is 1.90 bits per heavy atom. The largest absolute Gasteiger partial charge is 0.497 e. The van der Waals surface area contributed by atoms with Gasteiger partial charge in [-0.25, -0.2) is 0 Å². The van der Waals surface area contributed by atoms with Gasteiger partial charge in [0.25, 0.3) is 0 Å². The first-order valence-corrected chi connectivity index (χ1v) is 12.6. The topological polar surface area (TPSA) is 84.8 Å². The molecule has 0 spiro atoms. The van der Waals surface area contributed by atoms with Gasteiger partial charge in [0.1, 0.15) is 23.3 Å². The van der Waals surface area contributed by atoms with Gasteiger partial charge < -0.3 is 23.8 Å². The van der Waals surface area contributed by atoms with Crippen LogP contribution in [0.1, 0.15) is 48.4 Å². The number of aromatic amines is 1. The van der Waals surface area contributed by atoms with Crippen LogP contribution in [0.5, 0.6) is 5.75 Å². The molecule has 1 aliphatic heterocycles. The second-order valence-electron chi connectivity index (χ2n) is 9.22. The van der Waals surface area contributed by atoms with Crippen molar-refractivity contribution in [2.24, 2.45) is 0 Å². The Morgan fingerprint density at radius 1 is 1.10 bits per heavy atom. The number of rotatable bonds is 7. The third-order valence-corrected chi connectivity index (χ3v) is 6.90. The van der Waals surface area contributed by atoms with Crippen LogP contribution in [-0.2, 0) is 26.9 Å². The predicted molar refractivity (Wildman–Crippen MR) is 137 cm³/mol. The molecule has 1 unspecified atom stereocenters. The Bertz CT molecular complexity index is 1520. The standard InChI is InChI=1S/C29H27F3N2O5/c1-3-38-26(36)13-12-25(35)34-15-14-18-20-16-17(37-2)8-9-22(20)33-27(18)28(34)24-11-10-23(39-24)19-6-4-5-7-21(19)29(30,31)32/h4-11,16,28,33H,3,12-15H2,1-2H3. The maximum Gasteiger partial charge on any atom is 0.417 e. The van der Waals surface area contributed by atoms with Crippen molar-refractivity contribution >= 4 is 22.8 Å². The summed E-state index contributed by atoms with van der Waals surface area (Å²) in [6.45, 7) is 2.24. The van der Waals surface area contributed by atoms with E-state index in [0.29, 0.717) is 30.2 Å². The third kappa shape index (κ3) is 5.10. The number of hydrogen-bond acceptors (Lipinski definition) is 5. The summed E-state index contributed by atoms with van der Waals surface area (Å²) in [6, 6.07) is 13.2. The van der Waals surface area contributed by atoms with Gasteiger partial charge in [-0.1, -0.05) is 18.2 Å². The second kappa shape index (κ2) is 10.5. The van der Waals surface area contributed by atoms with E-state index in [1.165, 1.54) is 24.3 Å². The Balaban J connectivity index is 1.57. The number of H-pyrrole nitrogens is 1. The Labute approximate surface area is 222 Å². The van der Waals surface area contributed by atoms with Gasteiger partial charge in [0.05, 0.1) is 31.4 Å². The number of halogens is 3. The summed E-state index contributed by atoms with van der Waals surface area (Å²) in [7, 11) is 1.58. The molecule has 10 heteroatoms. The number of alkyl halides is 3.